The third kappa shape index (κ3) is 7.21. The van der Waals surface area contributed by atoms with Crippen LogP contribution in [0, 0.1) is 0 Å². The van der Waals surface area contributed by atoms with Crippen molar-refractivity contribution in [2.75, 3.05) is 0 Å². The number of carbonyl (C=O) groups is 2. The number of aliphatic carboxylic acids is 1. The van der Waals surface area contributed by atoms with E-state index in [1.54, 1.807) is 24.3 Å². The molecule has 0 fully saturated rings. The highest BCUT2D eigenvalue weighted by atomic mass is 16.5. The Bertz CT molecular complexity index is 402. The maximum atomic E-state index is 11.5. The van der Waals surface area contributed by atoms with Crippen LogP contribution in [0.3, 0.4) is 0 Å². The van der Waals surface area contributed by atoms with E-state index in [9.17, 15) is 14.7 Å². The first-order valence-corrected chi connectivity index (χ1v) is 6.23. The molecular formula is C14H18O5. The molecule has 5 heteroatoms. The number of aliphatic hydroxyl groups excluding tert-OH is 1. The number of esters is 1. The number of hydrogen-bond donors (Lipinski definition) is 2. The van der Waals surface area contributed by atoms with Crippen molar-refractivity contribution in [3.8, 4) is 5.75 Å². The fourth-order valence-electron chi connectivity index (χ4n) is 1.61. The van der Waals surface area contributed by atoms with E-state index in [1.165, 1.54) is 0 Å². The third-order valence-electron chi connectivity index (χ3n) is 2.56. The summed E-state index contributed by atoms with van der Waals surface area (Å²) in [5, 5.41) is 18.1. The molecule has 0 aliphatic rings. The molecule has 2 N–H and O–H groups in total. The predicted molar refractivity (Wildman–Crippen MR) is 68.8 cm³/mol. The fraction of sp³-hybridized carbons (Fsp3) is 0.429. The average Bonchev–Trinajstić information content (AvgIpc) is 2.35. The zero-order valence-corrected chi connectivity index (χ0v) is 10.6. The van der Waals surface area contributed by atoms with E-state index in [2.05, 4.69) is 0 Å². The minimum absolute atomic E-state index is 0.0814. The van der Waals surface area contributed by atoms with Gasteiger partial charge in [0.15, 0.2) is 0 Å². The first kappa shape index (κ1) is 15.2. The molecule has 0 unspecified atom stereocenters. The molecule has 0 amide bonds. The van der Waals surface area contributed by atoms with Gasteiger partial charge in [-0.2, -0.15) is 0 Å². The largest absolute Gasteiger partial charge is 0.481 e. The van der Waals surface area contributed by atoms with E-state index in [0.29, 0.717) is 25.0 Å². The lowest BCUT2D eigenvalue weighted by Crippen LogP contribution is -2.17. The number of carbonyl (C=O) groups excluding carboxylic acids is 1. The van der Waals surface area contributed by atoms with E-state index >= 15 is 0 Å². The SMILES string of the molecule is O=C(O)CCCC[C@H](O)CC(=O)Oc1ccccc1. The number of aliphatic hydroxyl groups is 1. The summed E-state index contributed by atoms with van der Waals surface area (Å²) in [5.74, 6) is -0.888. The Hall–Kier alpha value is -1.88. The van der Waals surface area contributed by atoms with Crippen molar-refractivity contribution in [3.63, 3.8) is 0 Å². The molecule has 0 aromatic heterocycles. The van der Waals surface area contributed by atoms with Crippen LogP contribution in [0.25, 0.3) is 0 Å². The third-order valence-corrected chi connectivity index (χ3v) is 2.56. The summed E-state index contributed by atoms with van der Waals surface area (Å²) >= 11 is 0. The van der Waals surface area contributed by atoms with Crippen LogP contribution in [0.5, 0.6) is 5.75 Å². The topological polar surface area (TPSA) is 83.8 Å². The first-order chi connectivity index (χ1) is 9.08. The summed E-state index contributed by atoms with van der Waals surface area (Å²) < 4.78 is 5.04. The van der Waals surface area contributed by atoms with Crippen LogP contribution in [0.15, 0.2) is 30.3 Å². The van der Waals surface area contributed by atoms with E-state index in [-0.39, 0.29) is 12.8 Å². The maximum absolute atomic E-state index is 11.5. The molecule has 1 rings (SSSR count). The summed E-state index contributed by atoms with van der Waals surface area (Å²) in [6, 6.07) is 8.65. The van der Waals surface area contributed by atoms with Gasteiger partial charge in [-0.25, -0.2) is 0 Å². The van der Waals surface area contributed by atoms with Gasteiger partial charge in [0.2, 0.25) is 0 Å². The molecule has 0 aliphatic heterocycles. The summed E-state index contributed by atoms with van der Waals surface area (Å²) in [6.07, 6.45) is 0.692. The highest BCUT2D eigenvalue weighted by Gasteiger charge is 2.12. The summed E-state index contributed by atoms with van der Waals surface area (Å²) in [5.41, 5.74) is 0. The fourth-order valence-corrected chi connectivity index (χ4v) is 1.61. The molecular weight excluding hydrogens is 248 g/mol. The number of benzene rings is 1. The Labute approximate surface area is 111 Å². The molecule has 0 radical (unpaired) electrons. The second kappa shape index (κ2) is 8.26. The molecule has 19 heavy (non-hydrogen) atoms. The monoisotopic (exact) mass is 266 g/mol. The Kier molecular flexibility index (Phi) is 6.60. The van der Waals surface area contributed by atoms with Gasteiger partial charge >= 0.3 is 11.9 Å². The molecule has 1 aromatic rings. The molecule has 0 heterocycles. The van der Waals surface area contributed by atoms with Gasteiger partial charge in [-0.15, -0.1) is 0 Å². The normalized spacial score (nSPS) is 11.8. The molecule has 5 nitrogen and oxygen atoms in total. The Morgan fingerprint density at radius 1 is 1.16 bits per heavy atom. The number of ether oxygens (including phenoxy) is 1. The second-order valence-electron chi connectivity index (χ2n) is 4.28. The molecule has 104 valence electrons. The van der Waals surface area contributed by atoms with Crippen LogP contribution < -0.4 is 4.74 Å². The Morgan fingerprint density at radius 2 is 1.84 bits per heavy atom. The Morgan fingerprint density at radius 3 is 2.47 bits per heavy atom. The lowest BCUT2D eigenvalue weighted by molar-refractivity contribution is -0.138. The lowest BCUT2D eigenvalue weighted by atomic mass is 10.1. The van der Waals surface area contributed by atoms with Gasteiger partial charge in [-0.3, -0.25) is 9.59 Å². The lowest BCUT2D eigenvalue weighted by Gasteiger charge is -2.09. The quantitative estimate of drug-likeness (QED) is 0.427. The van der Waals surface area contributed by atoms with Crippen molar-refractivity contribution in [2.24, 2.45) is 0 Å². The average molecular weight is 266 g/mol. The number of unbranched alkanes of at least 4 members (excludes halogenated alkanes) is 1. The molecule has 0 saturated heterocycles. The van der Waals surface area contributed by atoms with Gasteiger partial charge in [0, 0.05) is 6.42 Å². The van der Waals surface area contributed by atoms with Gasteiger partial charge in [0.05, 0.1) is 12.5 Å². The number of carboxylic acids is 1. The second-order valence-corrected chi connectivity index (χ2v) is 4.28. The van der Waals surface area contributed by atoms with Crippen molar-refractivity contribution in [2.45, 2.75) is 38.2 Å². The number of rotatable bonds is 8. The van der Waals surface area contributed by atoms with Gasteiger partial charge < -0.3 is 14.9 Å². The highest BCUT2D eigenvalue weighted by molar-refractivity contribution is 5.72. The van der Waals surface area contributed by atoms with Crippen LogP contribution >= 0.6 is 0 Å². The molecule has 1 atom stereocenters. The van der Waals surface area contributed by atoms with Gasteiger partial charge in [0.25, 0.3) is 0 Å². The molecule has 0 bridgehead atoms. The van der Waals surface area contributed by atoms with Crippen LogP contribution in [-0.2, 0) is 9.59 Å². The van der Waals surface area contributed by atoms with E-state index in [0.717, 1.165) is 0 Å². The van der Waals surface area contributed by atoms with E-state index in [1.807, 2.05) is 6.07 Å². The van der Waals surface area contributed by atoms with Gasteiger partial charge in [-0.1, -0.05) is 24.6 Å². The van der Waals surface area contributed by atoms with Crippen molar-refractivity contribution < 1.29 is 24.5 Å². The number of para-hydroxylation sites is 1. The molecule has 1 aromatic carbocycles. The summed E-state index contributed by atoms with van der Waals surface area (Å²) in [4.78, 5) is 21.8. The zero-order valence-electron chi connectivity index (χ0n) is 10.6. The van der Waals surface area contributed by atoms with Crippen LogP contribution in [0.1, 0.15) is 32.1 Å². The first-order valence-electron chi connectivity index (χ1n) is 6.23. The van der Waals surface area contributed by atoms with Crippen molar-refractivity contribution in [1.29, 1.82) is 0 Å². The van der Waals surface area contributed by atoms with E-state index in [4.69, 9.17) is 9.84 Å². The van der Waals surface area contributed by atoms with Crippen LogP contribution in [0.2, 0.25) is 0 Å². The number of hydrogen-bond acceptors (Lipinski definition) is 4. The molecule has 0 spiro atoms. The summed E-state index contributed by atoms with van der Waals surface area (Å²) in [6.45, 7) is 0. The van der Waals surface area contributed by atoms with E-state index < -0.39 is 18.0 Å². The summed E-state index contributed by atoms with van der Waals surface area (Å²) in [7, 11) is 0. The highest BCUT2D eigenvalue weighted by Crippen LogP contribution is 2.12. The molecule has 0 saturated carbocycles. The van der Waals surface area contributed by atoms with Gasteiger partial charge in [-0.05, 0) is 25.0 Å². The minimum atomic E-state index is -0.849. The number of carboxylic acid groups (broad SMARTS) is 1. The zero-order chi connectivity index (χ0) is 14.1. The van der Waals surface area contributed by atoms with Crippen LogP contribution in [0.4, 0.5) is 0 Å². The standard InChI is InChI=1S/C14H18O5/c15-11(6-4-5-9-13(16)17)10-14(18)19-12-7-2-1-3-8-12/h1-3,7-8,11,15H,4-6,9-10H2,(H,16,17)/t11-/m0/s1. The van der Waals surface area contributed by atoms with Crippen molar-refractivity contribution in [1.82, 2.24) is 0 Å². The predicted octanol–water partition coefficient (Wildman–Crippen LogP) is 1.99. The molecule has 0 aliphatic carbocycles. The van der Waals surface area contributed by atoms with Crippen molar-refractivity contribution in [3.05, 3.63) is 30.3 Å². The Balaban J connectivity index is 2.19. The minimum Gasteiger partial charge on any atom is -0.481 e. The van der Waals surface area contributed by atoms with Gasteiger partial charge in [0.1, 0.15) is 5.75 Å². The van der Waals surface area contributed by atoms with Crippen LogP contribution in [-0.4, -0.2) is 28.3 Å². The van der Waals surface area contributed by atoms with Crippen molar-refractivity contribution >= 4 is 11.9 Å². The maximum Gasteiger partial charge on any atom is 0.313 e. The smallest absolute Gasteiger partial charge is 0.313 e.